The Morgan fingerprint density at radius 3 is 2.56 bits per heavy atom. The molecule has 0 spiro atoms. The maximum atomic E-state index is 12.1. The van der Waals surface area contributed by atoms with Crippen LogP contribution in [0.25, 0.3) is 0 Å². The number of carbonyl (C=O) groups is 2. The van der Waals surface area contributed by atoms with Crippen LogP contribution in [-0.2, 0) is 11.2 Å². The minimum absolute atomic E-state index is 0.00582. The number of ether oxygens (including phenoxy) is 1. The Hall–Kier alpha value is -2.69. The molecule has 0 atom stereocenters. The highest BCUT2D eigenvalue weighted by Crippen LogP contribution is 2.13. The van der Waals surface area contributed by atoms with Crippen molar-refractivity contribution < 1.29 is 14.3 Å². The van der Waals surface area contributed by atoms with E-state index in [0.29, 0.717) is 31.4 Å². The van der Waals surface area contributed by atoms with Crippen LogP contribution < -0.4 is 10.1 Å². The van der Waals surface area contributed by atoms with Gasteiger partial charge >= 0.3 is 0 Å². The molecule has 132 valence electrons. The van der Waals surface area contributed by atoms with Gasteiger partial charge < -0.3 is 10.1 Å². The number of Topliss-reactive ketones (excluding diaryl/α,β-unsaturated/α-hetero) is 1. The number of hydrogen-bond acceptors (Lipinski definition) is 4. The van der Waals surface area contributed by atoms with Crippen molar-refractivity contribution in [2.24, 2.45) is 0 Å². The predicted octanol–water partition coefficient (Wildman–Crippen LogP) is 3.19. The normalized spacial score (nSPS) is 10.3. The molecule has 1 amide bonds. The molecule has 0 bridgehead atoms. The second-order valence-electron chi connectivity index (χ2n) is 5.82. The number of benzene rings is 1. The first-order chi connectivity index (χ1) is 12.2. The monoisotopic (exact) mass is 340 g/mol. The van der Waals surface area contributed by atoms with Crippen LogP contribution in [0.15, 0.2) is 48.8 Å². The number of amides is 1. The van der Waals surface area contributed by atoms with Gasteiger partial charge in [0, 0.05) is 37.3 Å². The number of rotatable bonds is 10. The fourth-order valence-electron chi connectivity index (χ4n) is 2.49. The average molecular weight is 340 g/mol. The fourth-order valence-corrected chi connectivity index (χ4v) is 2.49. The van der Waals surface area contributed by atoms with Gasteiger partial charge in [-0.2, -0.15) is 0 Å². The van der Waals surface area contributed by atoms with E-state index in [-0.39, 0.29) is 11.7 Å². The number of nitrogens with one attached hydrogen (secondary N) is 1. The SMILES string of the molecule is COc1ccc(C(=O)CCCC(=O)NCCCc2cccnc2)cc1. The zero-order valence-corrected chi connectivity index (χ0v) is 14.5. The lowest BCUT2D eigenvalue weighted by Crippen LogP contribution is -2.24. The highest BCUT2D eigenvalue weighted by molar-refractivity contribution is 5.96. The molecule has 1 aromatic heterocycles. The summed E-state index contributed by atoms with van der Waals surface area (Å²) in [5.74, 6) is 0.767. The minimum atomic E-state index is -0.00582. The first-order valence-electron chi connectivity index (χ1n) is 8.52. The van der Waals surface area contributed by atoms with Crippen LogP contribution in [0.2, 0.25) is 0 Å². The van der Waals surface area contributed by atoms with Crippen molar-refractivity contribution in [2.75, 3.05) is 13.7 Å². The molecule has 5 nitrogen and oxygen atoms in total. The van der Waals surface area contributed by atoms with Crippen molar-refractivity contribution in [3.63, 3.8) is 0 Å². The predicted molar refractivity (Wildman–Crippen MR) is 96.7 cm³/mol. The minimum Gasteiger partial charge on any atom is -0.497 e. The molecule has 0 radical (unpaired) electrons. The van der Waals surface area contributed by atoms with Crippen molar-refractivity contribution in [3.8, 4) is 5.75 Å². The van der Waals surface area contributed by atoms with Crippen molar-refractivity contribution in [3.05, 3.63) is 59.9 Å². The Morgan fingerprint density at radius 2 is 1.88 bits per heavy atom. The van der Waals surface area contributed by atoms with E-state index in [1.165, 1.54) is 5.56 Å². The van der Waals surface area contributed by atoms with Crippen LogP contribution in [0.1, 0.15) is 41.6 Å². The van der Waals surface area contributed by atoms with Gasteiger partial charge in [0.2, 0.25) is 5.91 Å². The molecule has 0 aliphatic carbocycles. The summed E-state index contributed by atoms with van der Waals surface area (Å²) in [4.78, 5) is 27.9. The topological polar surface area (TPSA) is 68.3 Å². The van der Waals surface area contributed by atoms with Gasteiger partial charge in [0.25, 0.3) is 0 Å². The van der Waals surface area contributed by atoms with Crippen LogP contribution in [-0.4, -0.2) is 30.3 Å². The molecule has 1 N–H and O–H groups in total. The van der Waals surface area contributed by atoms with Crippen LogP contribution in [0.4, 0.5) is 0 Å². The number of pyridine rings is 1. The number of methoxy groups -OCH3 is 1. The van der Waals surface area contributed by atoms with Crippen LogP contribution in [0, 0.1) is 0 Å². The third kappa shape index (κ3) is 6.75. The zero-order chi connectivity index (χ0) is 17.9. The molecule has 0 unspecified atom stereocenters. The summed E-state index contributed by atoms with van der Waals surface area (Å²) in [7, 11) is 1.59. The van der Waals surface area contributed by atoms with E-state index >= 15 is 0 Å². The molecule has 25 heavy (non-hydrogen) atoms. The number of ketones is 1. The van der Waals surface area contributed by atoms with Crippen LogP contribution in [0.3, 0.4) is 0 Å². The summed E-state index contributed by atoms with van der Waals surface area (Å²) in [6.45, 7) is 0.639. The van der Waals surface area contributed by atoms with Gasteiger partial charge in [0.1, 0.15) is 5.75 Å². The molecule has 5 heteroatoms. The maximum Gasteiger partial charge on any atom is 0.220 e. The molecule has 0 aliphatic heterocycles. The molecule has 0 fully saturated rings. The summed E-state index contributed by atoms with van der Waals surface area (Å²) < 4.78 is 5.07. The van der Waals surface area contributed by atoms with Gasteiger partial charge in [-0.1, -0.05) is 6.07 Å². The lowest BCUT2D eigenvalue weighted by molar-refractivity contribution is -0.121. The number of aryl methyl sites for hydroxylation is 1. The second-order valence-corrected chi connectivity index (χ2v) is 5.82. The first kappa shape index (κ1) is 18.6. The lowest BCUT2D eigenvalue weighted by Gasteiger charge is -2.06. The summed E-state index contributed by atoms with van der Waals surface area (Å²) in [6, 6.07) is 11.0. The number of nitrogens with zero attached hydrogens (tertiary/aromatic N) is 1. The molecule has 1 heterocycles. The average Bonchev–Trinajstić information content (AvgIpc) is 2.66. The number of hydrogen-bond donors (Lipinski definition) is 1. The van der Waals surface area contributed by atoms with Gasteiger partial charge in [0.15, 0.2) is 5.78 Å². The lowest BCUT2D eigenvalue weighted by atomic mass is 10.1. The molecular weight excluding hydrogens is 316 g/mol. The largest absolute Gasteiger partial charge is 0.497 e. The van der Waals surface area contributed by atoms with Gasteiger partial charge in [-0.25, -0.2) is 0 Å². The molecular formula is C20H24N2O3. The number of carbonyl (C=O) groups excluding carboxylic acids is 2. The van der Waals surface area contributed by atoms with Crippen molar-refractivity contribution in [1.82, 2.24) is 10.3 Å². The highest BCUT2D eigenvalue weighted by atomic mass is 16.5. The third-order valence-electron chi connectivity index (χ3n) is 3.91. The van der Waals surface area contributed by atoms with E-state index in [1.54, 1.807) is 37.6 Å². The van der Waals surface area contributed by atoms with E-state index in [9.17, 15) is 9.59 Å². The van der Waals surface area contributed by atoms with E-state index in [1.807, 2.05) is 18.3 Å². The maximum absolute atomic E-state index is 12.1. The molecule has 0 aliphatic rings. The van der Waals surface area contributed by atoms with Crippen LogP contribution in [0.5, 0.6) is 5.75 Å². The molecule has 1 aromatic carbocycles. The van der Waals surface area contributed by atoms with Gasteiger partial charge in [-0.15, -0.1) is 0 Å². The quantitative estimate of drug-likeness (QED) is 0.533. The molecule has 0 saturated carbocycles. The Kier molecular flexibility index (Phi) is 7.63. The fraction of sp³-hybridized carbons (Fsp3) is 0.350. The highest BCUT2D eigenvalue weighted by Gasteiger charge is 2.08. The standard InChI is InChI=1S/C20H24N2O3/c1-25-18-11-9-17(10-12-18)19(23)7-2-8-20(24)22-14-4-6-16-5-3-13-21-15-16/h3,5,9-13,15H,2,4,6-8,14H2,1H3,(H,22,24). The van der Waals surface area contributed by atoms with Crippen LogP contribution >= 0.6 is 0 Å². The summed E-state index contributed by atoms with van der Waals surface area (Å²) >= 11 is 0. The van der Waals surface area contributed by atoms with E-state index < -0.39 is 0 Å². The Morgan fingerprint density at radius 1 is 1.08 bits per heavy atom. The van der Waals surface area contributed by atoms with Gasteiger partial charge in [0.05, 0.1) is 7.11 Å². The van der Waals surface area contributed by atoms with Gasteiger partial charge in [-0.05, 0) is 55.2 Å². The van der Waals surface area contributed by atoms with E-state index in [4.69, 9.17) is 4.74 Å². The van der Waals surface area contributed by atoms with E-state index in [0.717, 1.165) is 18.6 Å². The second kappa shape index (κ2) is 10.2. The zero-order valence-electron chi connectivity index (χ0n) is 14.5. The van der Waals surface area contributed by atoms with E-state index in [2.05, 4.69) is 10.3 Å². The smallest absolute Gasteiger partial charge is 0.220 e. The van der Waals surface area contributed by atoms with Crippen molar-refractivity contribution in [2.45, 2.75) is 32.1 Å². The molecule has 2 rings (SSSR count). The van der Waals surface area contributed by atoms with Crippen molar-refractivity contribution in [1.29, 1.82) is 0 Å². The number of aromatic nitrogens is 1. The third-order valence-corrected chi connectivity index (χ3v) is 3.91. The summed E-state index contributed by atoms with van der Waals surface area (Å²) in [5, 5.41) is 2.89. The summed E-state index contributed by atoms with van der Waals surface area (Å²) in [6.07, 6.45) is 6.65. The first-order valence-corrected chi connectivity index (χ1v) is 8.52. The van der Waals surface area contributed by atoms with Gasteiger partial charge in [-0.3, -0.25) is 14.6 Å². The Labute approximate surface area is 148 Å². The molecule has 2 aromatic rings. The Balaban J connectivity index is 1.59. The Bertz CT molecular complexity index is 669. The van der Waals surface area contributed by atoms with Crippen molar-refractivity contribution >= 4 is 11.7 Å². The molecule has 0 saturated heterocycles. The summed E-state index contributed by atoms with van der Waals surface area (Å²) in [5.41, 5.74) is 1.82.